The van der Waals surface area contributed by atoms with Gasteiger partial charge in [0.1, 0.15) is 12.6 Å². The molecular formula is C22H24ClN3O4S. The van der Waals surface area contributed by atoms with Crippen molar-refractivity contribution < 1.29 is 18.0 Å². The van der Waals surface area contributed by atoms with Gasteiger partial charge in [-0.2, -0.15) is 0 Å². The molecule has 7 nitrogen and oxygen atoms in total. The van der Waals surface area contributed by atoms with E-state index in [9.17, 15) is 18.0 Å². The monoisotopic (exact) mass is 461 g/mol. The van der Waals surface area contributed by atoms with Crippen LogP contribution in [-0.2, 0) is 19.6 Å². The van der Waals surface area contributed by atoms with Crippen molar-refractivity contribution in [1.29, 1.82) is 0 Å². The Hall–Kier alpha value is -2.71. The molecule has 0 aromatic heterocycles. The number of amides is 2. The first-order chi connectivity index (χ1) is 14.6. The molecule has 2 atom stereocenters. The van der Waals surface area contributed by atoms with Crippen LogP contribution < -0.4 is 9.62 Å². The number of aliphatic imine (C=N–C) groups is 1. The fourth-order valence-electron chi connectivity index (χ4n) is 3.44. The molecule has 1 aliphatic rings. The molecule has 2 aromatic carbocycles. The second-order valence-corrected chi connectivity index (χ2v) is 9.74. The normalized spacial score (nSPS) is 17.4. The van der Waals surface area contributed by atoms with Gasteiger partial charge in [0.05, 0.1) is 17.7 Å². The number of halogens is 1. The average molecular weight is 462 g/mol. The van der Waals surface area contributed by atoms with Crippen LogP contribution in [0, 0.1) is 5.92 Å². The highest BCUT2D eigenvalue weighted by molar-refractivity contribution is 7.89. The van der Waals surface area contributed by atoms with E-state index in [-0.39, 0.29) is 11.8 Å². The highest BCUT2D eigenvalue weighted by Gasteiger charge is 2.35. The van der Waals surface area contributed by atoms with Gasteiger partial charge in [0.25, 0.3) is 11.8 Å². The summed E-state index contributed by atoms with van der Waals surface area (Å²) in [7, 11) is -3.76. The SMILES string of the molecule is CC[C@H](C)[C@@H]1N=C(c2ccccc2)c2cc(Cl)ccc2N(CC(=O)NS(C)(=O)=O)C1=O. The lowest BCUT2D eigenvalue weighted by Gasteiger charge is -2.26. The highest BCUT2D eigenvalue weighted by atomic mass is 35.5. The van der Waals surface area contributed by atoms with Gasteiger partial charge in [-0.1, -0.05) is 62.2 Å². The second-order valence-electron chi connectivity index (χ2n) is 7.56. The third-order valence-corrected chi connectivity index (χ3v) is 5.96. The Morgan fingerprint density at radius 2 is 1.90 bits per heavy atom. The molecule has 0 spiro atoms. The smallest absolute Gasteiger partial charge is 0.253 e. The zero-order valence-corrected chi connectivity index (χ0v) is 19.1. The first-order valence-corrected chi connectivity index (χ1v) is 12.1. The molecule has 1 heterocycles. The van der Waals surface area contributed by atoms with E-state index in [1.54, 1.807) is 18.2 Å². The Bertz CT molecular complexity index is 1130. The summed E-state index contributed by atoms with van der Waals surface area (Å²) < 4.78 is 24.9. The number of carbonyl (C=O) groups excluding carboxylic acids is 2. The van der Waals surface area contributed by atoms with E-state index in [0.717, 1.165) is 11.8 Å². The lowest BCUT2D eigenvalue weighted by Crippen LogP contribution is -2.47. The lowest BCUT2D eigenvalue weighted by molar-refractivity contribution is -0.124. The molecule has 2 amide bonds. The Morgan fingerprint density at radius 3 is 2.52 bits per heavy atom. The van der Waals surface area contributed by atoms with Crippen LogP contribution in [0.5, 0.6) is 0 Å². The van der Waals surface area contributed by atoms with Crippen molar-refractivity contribution in [2.24, 2.45) is 10.9 Å². The Morgan fingerprint density at radius 1 is 1.23 bits per heavy atom. The van der Waals surface area contributed by atoms with Crippen LogP contribution in [0.4, 0.5) is 5.69 Å². The molecule has 164 valence electrons. The van der Waals surface area contributed by atoms with Gasteiger partial charge >= 0.3 is 0 Å². The topological polar surface area (TPSA) is 95.9 Å². The predicted molar refractivity (Wildman–Crippen MR) is 122 cm³/mol. The molecule has 1 N–H and O–H groups in total. The Labute approximate surface area is 187 Å². The van der Waals surface area contributed by atoms with Crippen molar-refractivity contribution >= 4 is 44.8 Å². The first kappa shape index (κ1) is 23.0. The summed E-state index contributed by atoms with van der Waals surface area (Å²) in [6, 6.07) is 13.7. The quantitative estimate of drug-likeness (QED) is 0.715. The number of benzene rings is 2. The Balaban J connectivity index is 2.19. The van der Waals surface area contributed by atoms with Gasteiger partial charge in [-0.05, 0) is 24.1 Å². The number of anilines is 1. The number of fused-ring (bicyclic) bond motifs is 1. The van der Waals surface area contributed by atoms with Crippen LogP contribution in [0.15, 0.2) is 53.5 Å². The van der Waals surface area contributed by atoms with Gasteiger partial charge in [-0.3, -0.25) is 19.3 Å². The number of rotatable bonds is 6. The molecule has 0 saturated heterocycles. The maximum Gasteiger partial charge on any atom is 0.253 e. The minimum absolute atomic E-state index is 0.100. The van der Waals surface area contributed by atoms with Gasteiger partial charge in [-0.25, -0.2) is 8.42 Å². The fourth-order valence-corrected chi connectivity index (χ4v) is 4.09. The molecule has 1 aliphatic heterocycles. The molecule has 0 unspecified atom stereocenters. The van der Waals surface area contributed by atoms with E-state index in [2.05, 4.69) is 0 Å². The fraction of sp³-hybridized carbons (Fsp3) is 0.318. The summed E-state index contributed by atoms with van der Waals surface area (Å²) in [5.74, 6) is -1.27. The maximum absolute atomic E-state index is 13.5. The van der Waals surface area contributed by atoms with Crippen LogP contribution >= 0.6 is 11.6 Å². The summed E-state index contributed by atoms with van der Waals surface area (Å²) in [6.45, 7) is 3.43. The molecule has 0 bridgehead atoms. The molecule has 0 fully saturated rings. The lowest BCUT2D eigenvalue weighted by atomic mass is 9.98. The third-order valence-electron chi connectivity index (χ3n) is 5.12. The van der Waals surface area contributed by atoms with Crippen LogP contribution in [0.1, 0.15) is 31.4 Å². The van der Waals surface area contributed by atoms with E-state index < -0.39 is 28.5 Å². The van der Waals surface area contributed by atoms with E-state index in [0.29, 0.717) is 28.4 Å². The van der Waals surface area contributed by atoms with Crippen molar-refractivity contribution in [3.63, 3.8) is 0 Å². The molecule has 0 aliphatic carbocycles. The summed E-state index contributed by atoms with van der Waals surface area (Å²) in [5, 5.41) is 0.456. The number of nitrogens with one attached hydrogen (secondary N) is 1. The van der Waals surface area contributed by atoms with Crippen LogP contribution in [0.3, 0.4) is 0 Å². The molecule has 0 radical (unpaired) electrons. The Kier molecular flexibility index (Phi) is 6.81. The number of sulfonamides is 1. The summed E-state index contributed by atoms with van der Waals surface area (Å²) in [5.41, 5.74) is 2.47. The second kappa shape index (κ2) is 9.20. The highest BCUT2D eigenvalue weighted by Crippen LogP contribution is 2.32. The number of hydrogen-bond acceptors (Lipinski definition) is 5. The van der Waals surface area contributed by atoms with Crippen LogP contribution in [0.25, 0.3) is 0 Å². The van der Waals surface area contributed by atoms with E-state index in [1.807, 2.05) is 48.9 Å². The van der Waals surface area contributed by atoms with Crippen LogP contribution in [0.2, 0.25) is 5.02 Å². The molecule has 2 aromatic rings. The predicted octanol–water partition coefficient (Wildman–Crippen LogP) is 3.01. The number of carbonyl (C=O) groups is 2. The minimum atomic E-state index is -3.76. The van der Waals surface area contributed by atoms with Gasteiger partial charge in [0.2, 0.25) is 10.0 Å². The molecule has 3 rings (SSSR count). The summed E-state index contributed by atoms with van der Waals surface area (Å²) in [6.07, 6.45) is 1.59. The van der Waals surface area contributed by atoms with Gasteiger partial charge in [0, 0.05) is 16.1 Å². The number of nitrogens with zero attached hydrogens (tertiary/aromatic N) is 2. The van der Waals surface area contributed by atoms with Crippen molar-refractivity contribution in [3.05, 3.63) is 64.7 Å². The zero-order chi connectivity index (χ0) is 22.8. The van der Waals surface area contributed by atoms with E-state index >= 15 is 0 Å². The minimum Gasteiger partial charge on any atom is -0.300 e. The van der Waals surface area contributed by atoms with E-state index in [4.69, 9.17) is 16.6 Å². The van der Waals surface area contributed by atoms with Gasteiger partial charge in [-0.15, -0.1) is 0 Å². The molecular weight excluding hydrogens is 438 g/mol. The van der Waals surface area contributed by atoms with Crippen LogP contribution in [-0.4, -0.2) is 44.8 Å². The molecule has 0 saturated carbocycles. The van der Waals surface area contributed by atoms with E-state index in [1.165, 1.54) is 4.90 Å². The van der Waals surface area contributed by atoms with Gasteiger partial charge < -0.3 is 4.90 Å². The average Bonchev–Trinajstić information content (AvgIpc) is 2.82. The molecule has 9 heteroatoms. The third kappa shape index (κ3) is 5.32. The number of benzodiazepines with no additional fused rings is 1. The first-order valence-electron chi connectivity index (χ1n) is 9.86. The maximum atomic E-state index is 13.5. The van der Waals surface area contributed by atoms with Crippen molar-refractivity contribution in [2.75, 3.05) is 17.7 Å². The summed E-state index contributed by atoms with van der Waals surface area (Å²) in [4.78, 5) is 32.1. The number of hydrogen-bond donors (Lipinski definition) is 1. The van der Waals surface area contributed by atoms with Crippen molar-refractivity contribution in [2.45, 2.75) is 26.3 Å². The zero-order valence-electron chi connectivity index (χ0n) is 17.5. The largest absolute Gasteiger partial charge is 0.300 e. The molecule has 31 heavy (non-hydrogen) atoms. The van der Waals surface area contributed by atoms with Crippen molar-refractivity contribution in [1.82, 2.24) is 4.72 Å². The standard InChI is InChI=1S/C22H24ClN3O4S/c1-4-14(2)20-22(28)26(13-19(27)25-31(3,29)30)18-11-10-16(23)12-17(18)21(24-20)15-8-6-5-7-9-15/h5-12,14,20H,4,13H2,1-3H3,(H,25,27)/t14-,20-/m0/s1. The van der Waals surface area contributed by atoms with Crippen molar-refractivity contribution in [3.8, 4) is 0 Å². The summed E-state index contributed by atoms with van der Waals surface area (Å²) >= 11 is 6.27. The van der Waals surface area contributed by atoms with Gasteiger partial charge in [0.15, 0.2) is 0 Å².